The zero-order valence-corrected chi connectivity index (χ0v) is 16.5. The van der Waals surface area contributed by atoms with Crippen LogP contribution >= 0.6 is 0 Å². The molecule has 0 spiro atoms. The second-order valence-corrected chi connectivity index (χ2v) is 7.70. The molecule has 1 aromatic carbocycles. The number of hydrogen-bond donors (Lipinski definition) is 0. The Labute approximate surface area is 160 Å². The number of rotatable bonds is 2. The minimum absolute atomic E-state index is 0.114. The first-order chi connectivity index (χ1) is 13.0. The smallest absolute Gasteiger partial charge is 0.254 e. The number of carbonyl (C=O) groups is 1. The van der Waals surface area contributed by atoms with E-state index in [0.29, 0.717) is 0 Å². The van der Waals surface area contributed by atoms with Crippen LogP contribution in [0.5, 0.6) is 0 Å². The second-order valence-electron chi connectivity index (χ2n) is 7.70. The molecule has 2 aromatic heterocycles. The van der Waals surface area contributed by atoms with Crippen LogP contribution in [0.25, 0.3) is 22.2 Å². The van der Waals surface area contributed by atoms with Crippen LogP contribution in [0.15, 0.2) is 30.6 Å². The quantitative estimate of drug-likeness (QED) is 0.684. The summed E-state index contributed by atoms with van der Waals surface area (Å²) in [6, 6.07) is 6.35. The zero-order chi connectivity index (χ0) is 19.1. The molecule has 1 aliphatic heterocycles. The van der Waals surface area contributed by atoms with E-state index in [1.807, 2.05) is 30.3 Å². The lowest BCUT2D eigenvalue weighted by atomic mass is 9.97. The van der Waals surface area contributed by atoms with Crippen LogP contribution in [-0.4, -0.2) is 38.2 Å². The molecule has 5 nitrogen and oxygen atoms in total. The van der Waals surface area contributed by atoms with Crippen molar-refractivity contribution in [2.24, 2.45) is 7.05 Å². The lowest BCUT2D eigenvalue weighted by molar-refractivity contribution is 0.0637. The van der Waals surface area contributed by atoms with Crippen molar-refractivity contribution in [3.8, 4) is 11.3 Å². The number of aryl methyl sites for hydroxylation is 3. The van der Waals surface area contributed by atoms with Gasteiger partial charge in [0.15, 0.2) is 0 Å². The molecule has 5 heteroatoms. The van der Waals surface area contributed by atoms with Crippen LogP contribution in [0.3, 0.4) is 0 Å². The van der Waals surface area contributed by atoms with Crippen LogP contribution in [0.4, 0.5) is 0 Å². The highest BCUT2D eigenvalue weighted by atomic mass is 16.2. The van der Waals surface area contributed by atoms with Crippen LogP contribution in [-0.2, 0) is 7.05 Å². The molecule has 1 aliphatic rings. The summed E-state index contributed by atoms with van der Waals surface area (Å²) in [4.78, 5) is 20.4. The van der Waals surface area contributed by atoms with Crippen molar-refractivity contribution < 1.29 is 4.79 Å². The van der Waals surface area contributed by atoms with Gasteiger partial charge in [0.2, 0.25) is 0 Å². The average Bonchev–Trinajstić information content (AvgIpc) is 3.10. The molecule has 3 heterocycles. The van der Waals surface area contributed by atoms with Gasteiger partial charge in [-0.1, -0.05) is 12.1 Å². The van der Waals surface area contributed by atoms with E-state index in [2.05, 4.69) is 31.9 Å². The van der Waals surface area contributed by atoms with Crippen molar-refractivity contribution in [3.63, 3.8) is 0 Å². The van der Waals surface area contributed by atoms with Gasteiger partial charge in [-0.15, -0.1) is 0 Å². The summed E-state index contributed by atoms with van der Waals surface area (Å²) in [5, 5.41) is 5.21. The van der Waals surface area contributed by atoms with Gasteiger partial charge < -0.3 is 4.90 Å². The molecule has 3 aromatic rings. The molecule has 0 N–H and O–H groups in total. The van der Waals surface area contributed by atoms with Crippen molar-refractivity contribution >= 4 is 16.8 Å². The number of fused-ring (bicyclic) bond motifs is 1. The van der Waals surface area contributed by atoms with E-state index in [-0.39, 0.29) is 11.9 Å². The first-order valence-electron chi connectivity index (χ1n) is 9.66. The average molecular weight is 362 g/mol. The molecular formula is C22H26N4O. The third-order valence-electron chi connectivity index (χ3n) is 5.80. The van der Waals surface area contributed by atoms with E-state index in [4.69, 9.17) is 4.98 Å². The van der Waals surface area contributed by atoms with E-state index in [1.165, 1.54) is 12.0 Å². The Morgan fingerprint density at radius 3 is 2.74 bits per heavy atom. The highest BCUT2D eigenvalue weighted by molar-refractivity contribution is 6.08. The lowest BCUT2D eigenvalue weighted by Crippen LogP contribution is -2.42. The number of likely N-dealkylation sites (tertiary alicyclic amines) is 1. The number of aromatic nitrogens is 3. The van der Waals surface area contributed by atoms with E-state index < -0.39 is 0 Å². The Bertz CT molecular complexity index is 1020. The Hall–Kier alpha value is -2.69. The topological polar surface area (TPSA) is 51.0 Å². The summed E-state index contributed by atoms with van der Waals surface area (Å²) >= 11 is 0. The maximum absolute atomic E-state index is 13.5. The predicted octanol–water partition coefficient (Wildman–Crippen LogP) is 4.27. The zero-order valence-electron chi connectivity index (χ0n) is 16.5. The fourth-order valence-corrected chi connectivity index (χ4v) is 3.96. The number of benzene rings is 1. The van der Waals surface area contributed by atoms with Crippen molar-refractivity contribution in [2.45, 2.75) is 46.1 Å². The molecule has 1 fully saturated rings. The molecule has 0 saturated carbocycles. The number of nitrogens with zero attached hydrogens (tertiary/aromatic N) is 4. The van der Waals surface area contributed by atoms with E-state index in [9.17, 15) is 4.79 Å². The molecule has 1 saturated heterocycles. The molecule has 140 valence electrons. The monoisotopic (exact) mass is 362 g/mol. The normalized spacial score (nSPS) is 17.5. The summed E-state index contributed by atoms with van der Waals surface area (Å²) in [7, 11) is 1.89. The van der Waals surface area contributed by atoms with Gasteiger partial charge in [0.1, 0.15) is 0 Å². The van der Waals surface area contributed by atoms with Crippen molar-refractivity contribution in [1.29, 1.82) is 0 Å². The largest absolute Gasteiger partial charge is 0.336 e. The van der Waals surface area contributed by atoms with Gasteiger partial charge in [0.05, 0.1) is 23.0 Å². The summed E-state index contributed by atoms with van der Waals surface area (Å²) < 4.78 is 1.76. The van der Waals surface area contributed by atoms with Gasteiger partial charge in [-0.3, -0.25) is 9.48 Å². The molecule has 0 bridgehead atoms. The molecule has 4 rings (SSSR count). The van der Waals surface area contributed by atoms with Crippen molar-refractivity contribution in [2.75, 3.05) is 6.54 Å². The maximum atomic E-state index is 13.5. The van der Waals surface area contributed by atoms with Gasteiger partial charge >= 0.3 is 0 Å². The molecule has 0 aliphatic carbocycles. The third-order valence-corrected chi connectivity index (χ3v) is 5.80. The van der Waals surface area contributed by atoms with E-state index >= 15 is 0 Å². The molecule has 0 radical (unpaired) electrons. The number of piperidine rings is 1. The van der Waals surface area contributed by atoms with Crippen LogP contribution in [0.1, 0.15) is 47.7 Å². The van der Waals surface area contributed by atoms with Gasteiger partial charge in [-0.25, -0.2) is 4.98 Å². The predicted molar refractivity (Wildman–Crippen MR) is 108 cm³/mol. The van der Waals surface area contributed by atoms with Crippen LogP contribution < -0.4 is 0 Å². The lowest BCUT2D eigenvalue weighted by Gasteiger charge is -2.33. The minimum atomic E-state index is 0.114. The van der Waals surface area contributed by atoms with Gasteiger partial charge in [0, 0.05) is 36.8 Å². The molecule has 0 unspecified atom stereocenters. The minimum Gasteiger partial charge on any atom is -0.336 e. The Morgan fingerprint density at radius 1 is 1.22 bits per heavy atom. The van der Waals surface area contributed by atoms with Crippen molar-refractivity contribution in [3.05, 3.63) is 47.3 Å². The first kappa shape index (κ1) is 17.7. The Balaban J connectivity index is 1.92. The van der Waals surface area contributed by atoms with E-state index in [0.717, 1.165) is 52.7 Å². The summed E-state index contributed by atoms with van der Waals surface area (Å²) in [6.45, 7) is 7.14. The highest BCUT2D eigenvalue weighted by Crippen LogP contribution is 2.30. The summed E-state index contributed by atoms with van der Waals surface area (Å²) in [5.74, 6) is 0.114. The maximum Gasteiger partial charge on any atom is 0.254 e. The number of carbonyl (C=O) groups excluding carboxylic acids is 1. The molecule has 1 atom stereocenters. The fraction of sp³-hybridized carbons (Fsp3) is 0.409. The second kappa shape index (κ2) is 6.80. The summed E-state index contributed by atoms with van der Waals surface area (Å²) in [6.07, 6.45) is 7.09. The SMILES string of the molecule is Cc1ccc2c(C(=O)N3CCCC[C@@H]3C)cc(-c3cnn(C)c3)nc2c1C. The third kappa shape index (κ3) is 3.11. The van der Waals surface area contributed by atoms with E-state index in [1.54, 1.807) is 10.9 Å². The fourth-order valence-electron chi connectivity index (χ4n) is 3.96. The molecule has 1 amide bonds. The van der Waals surface area contributed by atoms with Gasteiger partial charge in [0.25, 0.3) is 5.91 Å². The Kier molecular flexibility index (Phi) is 4.46. The molecule has 27 heavy (non-hydrogen) atoms. The van der Waals surface area contributed by atoms with Crippen LogP contribution in [0, 0.1) is 13.8 Å². The Morgan fingerprint density at radius 2 is 2.04 bits per heavy atom. The highest BCUT2D eigenvalue weighted by Gasteiger charge is 2.26. The van der Waals surface area contributed by atoms with Crippen LogP contribution in [0.2, 0.25) is 0 Å². The van der Waals surface area contributed by atoms with Gasteiger partial charge in [-0.2, -0.15) is 5.10 Å². The number of pyridine rings is 1. The number of amides is 1. The summed E-state index contributed by atoms with van der Waals surface area (Å²) in [5.41, 5.74) is 5.69. The first-order valence-corrected chi connectivity index (χ1v) is 9.66. The standard InChI is InChI=1S/C22H26N4O/c1-14-8-9-18-19(22(27)26-10-6-5-7-15(26)2)11-20(24-21(18)16(14)3)17-12-23-25(4)13-17/h8-9,11-13,15H,5-7,10H2,1-4H3/t15-/m0/s1. The van der Waals surface area contributed by atoms with Crippen molar-refractivity contribution in [1.82, 2.24) is 19.7 Å². The van der Waals surface area contributed by atoms with Gasteiger partial charge in [-0.05, 0) is 57.2 Å². The number of hydrogen-bond acceptors (Lipinski definition) is 3. The molecular weight excluding hydrogens is 336 g/mol.